The van der Waals surface area contributed by atoms with Gasteiger partial charge in [0.15, 0.2) is 0 Å². The molecular weight excluding hydrogens is 765 g/mol. The monoisotopic (exact) mass is 816 g/mol. The molecule has 0 aromatic heterocycles. The van der Waals surface area contributed by atoms with E-state index in [1.165, 1.54) is 109 Å². The van der Waals surface area contributed by atoms with E-state index in [1.54, 1.807) is 0 Å². The van der Waals surface area contributed by atoms with Crippen LogP contribution in [0, 0.1) is 0 Å². The van der Waals surface area contributed by atoms with Crippen LogP contribution in [0.25, 0.3) is 76.5 Å². The van der Waals surface area contributed by atoms with Gasteiger partial charge in [-0.1, -0.05) is 229 Å². The molecule has 1 aliphatic carbocycles. The van der Waals surface area contributed by atoms with E-state index in [0.29, 0.717) is 0 Å². The summed E-state index contributed by atoms with van der Waals surface area (Å²) in [5.74, 6) is 0.0772. The van der Waals surface area contributed by atoms with Crippen molar-refractivity contribution in [3.05, 3.63) is 209 Å². The van der Waals surface area contributed by atoms with Crippen molar-refractivity contribution in [1.82, 2.24) is 0 Å². The molecule has 11 rings (SSSR count). The quantitative estimate of drug-likeness (QED) is 0.159. The SMILES string of the molecule is CC(C)(C)c1cc(-c2c3ccccc3c(C3C=CC=C4Sc5cccc(-c6c7ccccc7c(-c7ccccc7)c7ccccc67)c5[C@@]43C)c3ccccc23)cc(C(C)(C)C)c1. The lowest BCUT2D eigenvalue weighted by atomic mass is 9.63. The van der Waals surface area contributed by atoms with E-state index >= 15 is 0 Å². The van der Waals surface area contributed by atoms with E-state index in [9.17, 15) is 0 Å². The molecule has 0 bridgehead atoms. The molecular formula is C61H52S. The van der Waals surface area contributed by atoms with Gasteiger partial charge < -0.3 is 0 Å². The van der Waals surface area contributed by atoms with E-state index in [0.717, 1.165) is 0 Å². The lowest BCUT2D eigenvalue weighted by Gasteiger charge is -2.39. The van der Waals surface area contributed by atoms with Crippen LogP contribution in [0.2, 0.25) is 0 Å². The molecule has 9 aromatic carbocycles. The number of rotatable bonds is 4. The predicted molar refractivity (Wildman–Crippen MR) is 270 cm³/mol. The van der Waals surface area contributed by atoms with Crippen molar-refractivity contribution in [2.24, 2.45) is 0 Å². The highest BCUT2D eigenvalue weighted by Crippen LogP contribution is 2.64. The second-order valence-electron chi connectivity index (χ2n) is 19.8. The van der Waals surface area contributed by atoms with Gasteiger partial charge in [0.1, 0.15) is 0 Å². The van der Waals surface area contributed by atoms with Gasteiger partial charge in [0, 0.05) is 21.1 Å². The summed E-state index contributed by atoms with van der Waals surface area (Å²) in [6.07, 6.45) is 7.24. The average molecular weight is 817 g/mol. The molecule has 1 heteroatoms. The highest BCUT2D eigenvalue weighted by atomic mass is 32.2. The summed E-state index contributed by atoms with van der Waals surface area (Å²) in [6.45, 7) is 16.6. The smallest absolute Gasteiger partial charge is 0.0358 e. The molecule has 0 saturated heterocycles. The normalized spacial score (nSPS) is 17.5. The van der Waals surface area contributed by atoms with Crippen LogP contribution in [0.3, 0.4) is 0 Å². The molecule has 2 atom stereocenters. The molecule has 0 N–H and O–H groups in total. The Kier molecular flexibility index (Phi) is 8.87. The summed E-state index contributed by atoms with van der Waals surface area (Å²) < 4.78 is 0. The maximum atomic E-state index is 2.54. The molecule has 1 aliphatic heterocycles. The largest absolute Gasteiger partial charge is 0.0932 e. The number of benzene rings is 9. The molecule has 1 heterocycles. The molecule has 1 unspecified atom stereocenters. The summed E-state index contributed by atoms with van der Waals surface area (Å²) >= 11 is 1.97. The van der Waals surface area contributed by atoms with Gasteiger partial charge in [0.25, 0.3) is 0 Å². The Hall–Kier alpha value is -6.15. The zero-order valence-electron chi connectivity index (χ0n) is 36.8. The summed E-state index contributed by atoms with van der Waals surface area (Å²) in [5.41, 5.74) is 13.1. The van der Waals surface area contributed by atoms with Crippen molar-refractivity contribution in [2.75, 3.05) is 0 Å². The van der Waals surface area contributed by atoms with Crippen LogP contribution in [0.5, 0.6) is 0 Å². The fourth-order valence-electron chi connectivity index (χ4n) is 10.8. The first-order valence-corrected chi connectivity index (χ1v) is 23.0. The van der Waals surface area contributed by atoms with Crippen molar-refractivity contribution in [3.63, 3.8) is 0 Å². The third-order valence-electron chi connectivity index (χ3n) is 14.0. The van der Waals surface area contributed by atoms with Crippen LogP contribution < -0.4 is 0 Å². The van der Waals surface area contributed by atoms with Gasteiger partial charge in [-0.15, -0.1) is 0 Å². The van der Waals surface area contributed by atoms with Gasteiger partial charge in [-0.25, -0.2) is 0 Å². The van der Waals surface area contributed by atoms with Crippen LogP contribution >= 0.6 is 11.8 Å². The second-order valence-corrected chi connectivity index (χ2v) is 20.8. The fraction of sp³-hybridized carbons (Fsp3) is 0.180. The Bertz CT molecular complexity index is 3200. The Labute approximate surface area is 371 Å². The fourth-order valence-corrected chi connectivity index (χ4v) is 12.2. The van der Waals surface area contributed by atoms with Gasteiger partial charge in [-0.2, -0.15) is 0 Å². The molecule has 0 nitrogen and oxygen atoms in total. The van der Waals surface area contributed by atoms with Crippen LogP contribution in [0.4, 0.5) is 0 Å². The Morgan fingerprint density at radius 3 is 1.42 bits per heavy atom. The van der Waals surface area contributed by atoms with E-state index in [1.807, 2.05) is 11.8 Å². The third-order valence-corrected chi connectivity index (χ3v) is 15.3. The molecule has 302 valence electrons. The first kappa shape index (κ1) is 38.7. The summed E-state index contributed by atoms with van der Waals surface area (Å²) in [6, 6.07) is 62.1. The highest BCUT2D eigenvalue weighted by Gasteiger charge is 2.49. The van der Waals surface area contributed by atoms with Crippen molar-refractivity contribution < 1.29 is 0 Å². The molecule has 0 fully saturated rings. The maximum Gasteiger partial charge on any atom is 0.0358 e. The standard InChI is InChI=1S/C61H52S/c1-59(2,3)40-35-39(36-41(37-40)60(4,5)6)55-44-25-13-17-29-48(44)57(49-30-18-14-26-45(49)55)51-32-20-34-53-61(51,7)58-50(31-19-33-52(58)62-53)56-46-27-15-11-23-42(46)54(38-21-9-8-10-22-38)43-24-12-16-28-47(43)56/h8-37,51H,1-7H3/t51?,61-/m1/s1. The molecule has 62 heavy (non-hydrogen) atoms. The molecule has 0 spiro atoms. The Morgan fingerprint density at radius 2 is 0.903 bits per heavy atom. The van der Waals surface area contributed by atoms with E-state index in [2.05, 4.69) is 230 Å². The second kappa shape index (κ2) is 14.2. The van der Waals surface area contributed by atoms with Gasteiger partial charge in [-0.3, -0.25) is 0 Å². The predicted octanol–water partition coefficient (Wildman–Crippen LogP) is 17.5. The molecule has 9 aromatic rings. The van der Waals surface area contributed by atoms with E-state index in [-0.39, 0.29) is 22.2 Å². The minimum atomic E-state index is -0.329. The number of hydrogen-bond acceptors (Lipinski definition) is 1. The maximum absolute atomic E-state index is 2.54. The summed E-state index contributed by atoms with van der Waals surface area (Å²) in [5, 5.41) is 10.4. The summed E-state index contributed by atoms with van der Waals surface area (Å²) in [4.78, 5) is 2.76. The van der Waals surface area contributed by atoms with E-state index in [4.69, 9.17) is 0 Å². The average Bonchev–Trinajstić information content (AvgIpc) is 3.59. The number of thioether (sulfide) groups is 1. The van der Waals surface area contributed by atoms with Gasteiger partial charge >= 0.3 is 0 Å². The minimum Gasteiger partial charge on any atom is -0.0932 e. The number of hydrogen-bond donors (Lipinski definition) is 0. The lowest BCUT2D eigenvalue weighted by molar-refractivity contribution is 0.522. The number of fused-ring (bicyclic) bond motifs is 7. The van der Waals surface area contributed by atoms with Crippen LogP contribution in [0.15, 0.2) is 192 Å². The van der Waals surface area contributed by atoms with Crippen LogP contribution in [-0.4, -0.2) is 0 Å². The van der Waals surface area contributed by atoms with Crippen molar-refractivity contribution in [1.29, 1.82) is 0 Å². The minimum absolute atomic E-state index is 0.00946. The van der Waals surface area contributed by atoms with Gasteiger partial charge in [-0.05, 0) is 123 Å². The third kappa shape index (κ3) is 5.89. The first-order chi connectivity index (χ1) is 29.9. The van der Waals surface area contributed by atoms with Crippen LogP contribution in [-0.2, 0) is 16.2 Å². The number of allylic oxidation sites excluding steroid dienone is 4. The topological polar surface area (TPSA) is 0 Å². The van der Waals surface area contributed by atoms with Crippen molar-refractivity contribution in [2.45, 2.75) is 75.5 Å². The van der Waals surface area contributed by atoms with Gasteiger partial charge in [0.2, 0.25) is 0 Å². The molecule has 0 saturated carbocycles. The van der Waals surface area contributed by atoms with Crippen molar-refractivity contribution in [3.8, 4) is 33.4 Å². The van der Waals surface area contributed by atoms with Crippen molar-refractivity contribution >= 4 is 54.9 Å². The molecule has 0 radical (unpaired) electrons. The zero-order valence-corrected chi connectivity index (χ0v) is 37.6. The van der Waals surface area contributed by atoms with Crippen LogP contribution in [0.1, 0.15) is 76.6 Å². The Morgan fingerprint density at radius 1 is 0.452 bits per heavy atom. The summed E-state index contributed by atoms with van der Waals surface area (Å²) in [7, 11) is 0. The zero-order chi connectivity index (χ0) is 42.5. The Balaban J connectivity index is 1.20. The lowest BCUT2D eigenvalue weighted by Crippen LogP contribution is -2.31. The molecule has 2 aliphatic rings. The highest BCUT2D eigenvalue weighted by molar-refractivity contribution is 8.03. The van der Waals surface area contributed by atoms with E-state index < -0.39 is 0 Å². The first-order valence-electron chi connectivity index (χ1n) is 22.2. The van der Waals surface area contributed by atoms with Gasteiger partial charge in [0.05, 0.1) is 0 Å². The molecule has 0 amide bonds.